The molecule has 0 spiro atoms. The highest BCUT2D eigenvalue weighted by molar-refractivity contribution is 7.11. The van der Waals surface area contributed by atoms with E-state index in [2.05, 4.69) is 27.5 Å². The van der Waals surface area contributed by atoms with Crippen LogP contribution in [0.5, 0.6) is 11.5 Å². The molecule has 1 aromatic heterocycles. The van der Waals surface area contributed by atoms with E-state index in [9.17, 15) is 0 Å². The van der Waals surface area contributed by atoms with Crippen molar-refractivity contribution in [2.45, 2.75) is 33.4 Å². The number of aryl methyl sites for hydroxylation is 1. The number of methoxy groups -OCH3 is 1. The van der Waals surface area contributed by atoms with Crippen molar-refractivity contribution in [1.29, 1.82) is 0 Å². The quantitative estimate of drug-likeness (QED) is 0.558. The van der Waals surface area contributed by atoms with Crippen LogP contribution in [0.15, 0.2) is 29.4 Å². The Hall–Kier alpha value is -2.28. The average Bonchev–Trinajstić information content (AvgIpc) is 3.11. The zero-order chi connectivity index (χ0) is 18.1. The van der Waals surface area contributed by atoms with Crippen molar-refractivity contribution in [3.8, 4) is 11.5 Å². The van der Waals surface area contributed by atoms with Gasteiger partial charge in [-0.2, -0.15) is 0 Å². The first kappa shape index (κ1) is 19.1. The number of rotatable bonds is 8. The Bertz CT molecular complexity index is 700. The molecule has 0 aliphatic heterocycles. The summed E-state index contributed by atoms with van der Waals surface area (Å²) in [7, 11) is 3.40. The van der Waals surface area contributed by atoms with Gasteiger partial charge < -0.3 is 20.1 Å². The minimum atomic E-state index is 0.612. The van der Waals surface area contributed by atoms with E-state index in [1.54, 1.807) is 25.5 Å². The lowest BCUT2D eigenvalue weighted by atomic mass is 10.2. The predicted octanol–water partition coefficient (Wildman–Crippen LogP) is 2.98. The number of benzene rings is 1. The Morgan fingerprint density at radius 3 is 2.64 bits per heavy atom. The lowest BCUT2D eigenvalue weighted by molar-refractivity contribution is 0.310. The molecule has 0 saturated heterocycles. The minimum absolute atomic E-state index is 0.612. The molecule has 0 unspecified atom stereocenters. The molecule has 0 bridgehead atoms. The van der Waals surface area contributed by atoms with Crippen molar-refractivity contribution < 1.29 is 9.47 Å². The van der Waals surface area contributed by atoms with Crippen LogP contribution in [0.25, 0.3) is 0 Å². The molecule has 0 fully saturated rings. The van der Waals surface area contributed by atoms with Crippen LogP contribution in [-0.4, -0.2) is 31.7 Å². The smallest absolute Gasteiger partial charge is 0.191 e. The molecule has 0 atom stereocenters. The predicted molar refractivity (Wildman–Crippen MR) is 103 cm³/mol. The SMILES string of the molecule is CCOc1ccc(CNC(=NC)NCc2ncc(CC)s2)cc1OC. The molecule has 6 nitrogen and oxygen atoms in total. The molecule has 2 N–H and O–H groups in total. The van der Waals surface area contributed by atoms with E-state index >= 15 is 0 Å². The van der Waals surface area contributed by atoms with E-state index in [1.807, 2.05) is 31.3 Å². The van der Waals surface area contributed by atoms with Crippen molar-refractivity contribution in [2.75, 3.05) is 20.8 Å². The van der Waals surface area contributed by atoms with E-state index in [1.165, 1.54) is 4.88 Å². The lowest BCUT2D eigenvalue weighted by Gasteiger charge is -2.13. The van der Waals surface area contributed by atoms with E-state index in [-0.39, 0.29) is 0 Å². The molecule has 1 aromatic carbocycles. The van der Waals surface area contributed by atoms with Crippen molar-refractivity contribution in [3.63, 3.8) is 0 Å². The van der Waals surface area contributed by atoms with Crippen LogP contribution in [-0.2, 0) is 19.5 Å². The van der Waals surface area contributed by atoms with Gasteiger partial charge in [-0.15, -0.1) is 11.3 Å². The van der Waals surface area contributed by atoms with Gasteiger partial charge >= 0.3 is 0 Å². The lowest BCUT2D eigenvalue weighted by Crippen LogP contribution is -2.36. The monoisotopic (exact) mass is 362 g/mol. The van der Waals surface area contributed by atoms with Gasteiger partial charge in [-0.3, -0.25) is 4.99 Å². The number of aromatic nitrogens is 1. The zero-order valence-electron chi connectivity index (χ0n) is 15.3. The number of nitrogens with zero attached hydrogens (tertiary/aromatic N) is 2. The van der Waals surface area contributed by atoms with Crippen LogP contribution in [0.2, 0.25) is 0 Å². The molecule has 0 radical (unpaired) electrons. The standard InChI is InChI=1S/C18H26N4O2S/c1-5-14-11-20-17(25-14)12-22-18(19-3)21-10-13-7-8-15(24-6-2)16(9-13)23-4/h7-9,11H,5-6,10,12H2,1-4H3,(H2,19,21,22). The van der Waals surface area contributed by atoms with Gasteiger partial charge in [0.15, 0.2) is 17.5 Å². The van der Waals surface area contributed by atoms with Crippen LogP contribution >= 0.6 is 11.3 Å². The van der Waals surface area contributed by atoms with Crippen LogP contribution in [0.4, 0.5) is 0 Å². The number of hydrogen-bond donors (Lipinski definition) is 2. The summed E-state index contributed by atoms with van der Waals surface area (Å²) in [5, 5.41) is 7.64. The normalized spacial score (nSPS) is 11.3. The molecule has 2 rings (SSSR count). The molecule has 1 heterocycles. The minimum Gasteiger partial charge on any atom is -0.493 e. The number of ether oxygens (including phenoxy) is 2. The Balaban J connectivity index is 1.89. The molecular weight excluding hydrogens is 336 g/mol. The highest BCUT2D eigenvalue weighted by Gasteiger charge is 2.07. The van der Waals surface area contributed by atoms with E-state index in [4.69, 9.17) is 9.47 Å². The highest BCUT2D eigenvalue weighted by Crippen LogP contribution is 2.27. The van der Waals surface area contributed by atoms with Crippen molar-refractivity contribution in [2.24, 2.45) is 4.99 Å². The summed E-state index contributed by atoms with van der Waals surface area (Å²) in [5.41, 5.74) is 1.09. The second kappa shape index (κ2) is 9.88. The fourth-order valence-corrected chi connectivity index (χ4v) is 3.06. The van der Waals surface area contributed by atoms with E-state index < -0.39 is 0 Å². The first-order chi connectivity index (χ1) is 12.2. The molecule has 0 saturated carbocycles. The molecule has 7 heteroatoms. The molecular formula is C18H26N4O2S. The summed E-state index contributed by atoms with van der Waals surface area (Å²) in [6, 6.07) is 5.92. The summed E-state index contributed by atoms with van der Waals surface area (Å²) in [5.74, 6) is 2.23. The first-order valence-corrected chi connectivity index (χ1v) is 9.19. The second-order valence-electron chi connectivity index (χ2n) is 5.27. The molecule has 0 aliphatic carbocycles. The van der Waals surface area contributed by atoms with Gasteiger partial charge in [-0.25, -0.2) is 4.98 Å². The Kier molecular flexibility index (Phi) is 7.53. The van der Waals surface area contributed by atoms with Crippen molar-refractivity contribution >= 4 is 17.3 Å². The van der Waals surface area contributed by atoms with Crippen LogP contribution in [0.1, 0.15) is 29.3 Å². The van der Waals surface area contributed by atoms with Crippen LogP contribution in [0, 0.1) is 0 Å². The van der Waals surface area contributed by atoms with Crippen molar-refractivity contribution in [1.82, 2.24) is 15.6 Å². The third-order valence-corrected chi connectivity index (χ3v) is 4.71. The molecule has 0 aliphatic rings. The molecule has 0 amide bonds. The second-order valence-corrected chi connectivity index (χ2v) is 6.47. The van der Waals surface area contributed by atoms with Gasteiger partial charge in [0.25, 0.3) is 0 Å². The maximum atomic E-state index is 5.54. The van der Waals surface area contributed by atoms with Gasteiger partial charge in [-0.1, -0.05) is 13.0 Å². The van der Waals surface area contributed by atoms with Gasteiger partial charge in [0.2, 0.25) is 0 Å². The Labute approximate surface area is 153 Å². The van der Waals surface area contributed by atoms with Crippen LogP contribution < -0.4 is 20.1 Å². The maximum absolute atomic E-state index is 5.54. The number of guanidine groups is 1. The van der Waals surface area contributed by atoms with Crippen LogP contribution in [0.3, 0.4) is 0 Å². The average molecular weight is 362 g/mol. The summed E-state index contributed by atoms with van der Waals surface area (Å²) >= 11 is 1.72. The third kappa shape index (κ3) is 5.63. The Morgan fingerprint density at radius 1 is 1.20 bits per heavy atom. The van der Waals surface area contributed by atoms with Gasteiger partial charge in [-0.05, 0) is 31.0 Å². The molecule has 136 valence electrons. The number of hydrogen-bond acceptors (Lipinski definition) is 5. The fourth-order valence-electron chi connectivity index (χ4n) is 2.26. The zero-order valence-corrected chi connectivity index (χ0v) is 16.1. The molecule has 2 aromatic rings. The summed E-state index contributed by atoms with van der Waals surface area (Å²) in [6.45, 7) is 6.01. The highest BCUT2D eigenvalue weighted by atomic mass is 32.1. The third-order valence-electron chi connectivity index (χ3n) is 3.57. The van der Waals surface area contributed by atoms with E-state index in [0.717, 1.165) is 34.5 Å². The Morgan fingerprint density at radius 2 is 2.00 bits per heavy atom. The topological polar surface area (TPSA) is 67.8 Å². The number of nitrogens with one attached hydrogen (secondary N) is 2. The fraction of sp³-hybridized carbons (Fsp3) is 0.444. The van der Waals surface area contributed by atoms with Gasteiger partial charge in [0, 0.05) is 24.7 Å². The summed E-state index contributed by atoms with van der Waals surface area (Å²) < 4.78 is 10.9. The number of aliphatic imine (C=N–C) groups is 1. The van der Waals surface area contributed by atoms with Gasteiger partial charge in [0.1, 0.15) is 5.01 Å². The molecule has 25 heavy (non-hydrogen) atoms. The van der Waals surface area contributed by atoms with Crippen molar-refractivity contribution in [3.05, 3.63) is 39.8 Å². The maximum Gasteiger partial charge on any atom is 0.191 e. The largest absolute Gasteiger partial charge is 0.493 e. The number of thiazole rings is 1. The van der Waals surface area contributed by atoms with E-state index in [0.29, 0.717) is 19.7 Å². The first-order valence-electron chi connectivity index (χ1n) is 8.37. The van der Waals surface area contributed by atoms with Gasteiger partial charge in [0.05, 0.1) is 20.3 Å². The summed E-state index contributed by atoms with van der Waals surface area (Å²) in [4.78, 5) is 9.95. The summed E-state index contributed by atoms with van der Waals surface area (Å²) in [6.07, 6.45) is 2.95.